The molecule has 1 rings (SSSR count). The third-order valence-corrected chi connectivity index (χ3v) is 4.23. The summed E-state index contributed by atoms with van der Waals surface area (Å²) in [4.78, 5) is 12.2. The molecule has 0 unspecified atom stereocenters. The minimum atomic E-state index is -3.91. The molecule has 0 aliphatic rings. The van der Waals surface area contributed by atoms with Crippen molar-refractivity contribution in [1.29, 1.82) is 0 Å². The van der Waals surface area contributed by atoms with Gasteiger partial charge in [-0.15, -0.1) is 0 Å². The van der Waals surface area contributed by atoms with Gasteiger partial charge in [0.15, 0.2) is 0 Å². The Labute approximate surface area is 124 Å². The van der Waals surface area contributed by atoms with Crippen LogP contribution in [0.2, 0.25) is 0 Å². The van der Waals surface area contributed by atoms with Gasteiger partial charge < -0.3 is 0 Å². The van der Waals surface area contributed by atoms with E-state index in [0.717, 1.165) is 6.07 Å². The summed E-state index contributed by atoms with van der Waals surface area (Å²) in [6.07, 6.45) is 0.619. The standard InChI is InChI=1S/C13H19N3O4S/c1-5-12(9(2)3)14-15-21(19,20)11-7-6-10(4)13(8-11)16(17)18/h6-9,15H,5H2,1-4H3/b14-12-. The number of nitro groups is 1. The Morgan fingerprint density at radius 1 is 1.43 bits per heavy atom. The summed E-state index contributed by atoms with van der Waals surface area (Å²) >= 11 is 0. The summed E-state index contributed by atoms with van der Waals surface area (Å²) in [6.45, 7) is 7.25. The summed E-state index contributed by atoms with van der Waals surface area (Å²) in [5.41, 5.74) is 0.875. The molecular weight excluding hydrogens is 294 g/mol. The lowest BCUT2D eigenvalue weighted by Crippen LogP contribution is -2.22. The maximum atomic E-state index is 12.1. The third kappa shape index (κ3) is 4.25. The monoisotopic (exact) mass is 313 g/mol. The fourth-order valence-corrected chi connectivity index (χ4v) is 2.60. The predicted molar refractivity (Wildman–Crippen MR) is 80.7 cm³/mol. The molecule has 0 saturated carbocycles. The van der Waals surface area contributed by atoms with E-state index in [-0.39, 0.29) is 16.5 Å². The van der Waals surface area contributed by atoms with Crippen LogP contribution in [0.4, 0.5) is 5.69 Å². The van der Waals surface area contributed by atoms with E-state index in [2.05, 4.69) is 9.93 Å². The van der Waals surface area contributed by atoms with Crippen molar-refractivity contribution in [3.05, 3.63) is 33.9 Å². The van der Waals surface area contributed by atoms with Crippen LogP contribution in [0.3, 0.4) is 0 Å². The Balaban J connectivity index is 3.15. The Kier molecular flexibility index (Phi) is 5.42. The van der Waals surface area contributed by atoms with Gasteiger partial charge in [0, 0.05) is 17.3 Å². The van der Waals surface area contributed by atoms with Crippen molar-refractivity contribution in [3.8, 4) is 0 Å². The summed E-state index contributed by atoms with van der Waals surface area (Å²) in [6, 6.07) is 3.76. The molecule has 1 N–H and O–H groups in total. The van der Waals surface area contributed by atoms with Crippen LogP contribution in [0.25, 0.3) is 0 Å². The largest absolute Gasteiger partial charge is 0.276 e. The lowest BCUT2D eigenvalue weighted by Gasteiger charge is -2.09. The first-order valence-electron chi connectivity index (χ1n) is 6.52. The molecule has 0 spiro atoms. The maximum Gasteiger partial charge on any atom is 0.276 e. The van der Waals surface area contributed by atoms with Crippen molar-refractivity contribution in [2.45, 2.75) is 39.0 Å². The molecule has 0 bridgehead atoms. The van der Waals surface area contributed by atoms with E-state index >= 15 is 0 Å². The van der Waals surface area contributed by atoms with Gasteiger partial charge in [0.05, 0.1) is 9.82 Å². The predicted octanol–water partition coefficient (Wildman–Crippen LogP) is 2.60. The van der Waals surface area contributed by atoms with Crippen molar-refractivity contribution >= 4 is 21.4 Å². The highest BCUT2D eigenvalue weighted by atomic mass is 32.2. The van der Waals surface area contributed by atoms with Crippen LogP contribution in [-0.2, 0) is 10.0 Å². The molecule has 0 amide bonds. The second kappa shape index (κ2) is 6.66. The van der Waals surface area contributed by atoms with E-state index in [1.807, 2.05) is 20.8 Å². The van der Waals surface area contributed by atoms with E-state index in [9.17, 15) is 18.5 Å². The number of hydrogen-bond acceptors (Lipinski definition) is 5. The van der Waals surface area contributed by atoms with Crippen molar-refractivity contribution in [3.63, 3.8) is 0 Å². The molecule has 0 aliphatic carbocycles. The van der Waals surface area contributed by atoms with Crippen LogP contribution in [0.5, 0.6) is 0 Å². The molecule has 0 aliphatic heterocycles. The van der Waals surface area contributed by atoms with Crippen molar-refractivity contribution < 1.29 is 13.3 Å². The van der Waals surface area contributed by atoms with Gasteiger partial charge in [-0.05, 0) is 25.3 Å². The summed E-state index contributed by atoms with van der Waals surface area (Å²) in [7, 11) is -3.91. The Bertz CT molecular complexity index is 666. The highest BCUT2D eigenvalue weighted by molar-refractivity contribution is 7.89. The number of nitro benzene ring substituents is 1. The van der Waals surface area contributed by atoms with Crippen molar-refractivity contribution in [1.82, 2.24) is 4.83 Å². The number of nitrogens with one attached hydrogen (secondary N) is 1. The zero-order chi connectivity index (χ0) is 16.2. The minimum Gasteiger partial charge on any atom is -0.258 e. The first kappa shape index (κ1) is 17.1. The molecule has 0 aromatic heterocycles. The van der Waals surface area contributed by atoms with Gasteiger partial charge in [-0.3, -0.25) is 10.1 Å². The molecule has 0 fully saturated rings. The number of aryl methyl sites for hydroxylation is 1. The molecule has 21 heavy (non-hydrogen) atoms. The quantitative estimate of drug-likeness (QED) is 0.495. The number of hydrazone groups is 1. The molecule has 0 saturated heterocycles. The Morgan fingerprint density at radius 2 is 2.05 bits per heavy atom. The fraction of sp³-hybridized carbons (Fsp3) is 0.462. The zero-order valence-electron chi connectivity index (χ0n) is 12.5. The van der Waals surface area contributed by atoms with Gasteiger partial charge in [-0.25, -0.2) is 4.83 Å². The second-order valence-electron chi connectivity index (χ2n) is 4.91. The van der Waals surface area contributed by atoms with E-state index in [4.69, 9.17) is 0 Å². The summed E-state index contributed by atoms with van der Waals surface area (Å²) in [5, 5.41) is 14.8. The van der Waals surface area contributed by atoms with Gasteiger partial charge >= 0.3 is 0 Å². The normalized spacial score (nSPS) is 12.5. The van der Waals surface area contributed by atoms with Gasteiger partial charge in [-0.1, -0.05) is 26.8 Å². The van der Waals surface area contributed by atoms with E-state index in [0.29, 0.717) is 17.7 Å². The van der Waals surface area contributed by atoms with Crippen molar-refractivity contribution in [2.24, 2.45) is 11.0 Å². The number of sulfonamides is 1. The Morgan fingerprint density at radius 3 is 2.52 bits per heavy atom. The second-order valence-corrected chi connectivity index (χ2v) is 6.57. The first-order valence-corrected chi connectivity index (χ1v) is 8.00. The van der Waals surface area contributed by atoms with Gasteiger partial charge in [0.25, 0.3) is 15.7 Å². The highest BCUT2D eigenvalue weighted by Crippen LogP contribution is 2.22. The van der Waals surface area contributed by atoms with Gasteiger partial charge in [-0.2, -0.15) is 13.5 Å². The van der Waals surface area contributed by atoms with E-state index in [1.54, 1.807) is 6.92 Å². The fourth-order valence-electron chi connectivity index (χ4n) is 1.74. The molecule has 8 heteroatoms. The number of nitrogens with zero attached hydrogens (tertiary/aromatic N) is 2. The topological polar surface area (TPSA) is 102 Å². The average molecular weight is 313 g/mol. The third-order valence-electron chi connectivity index (χ3n) is 3.03. The van der Waals surface area contributed by atoms with Crippen LogP contribution in [0, 0.1) is 23.0 Å². The first-order chi connectivity index (χ1) is 9.69. The average Bonchev–Trinajstić information content (AvgIpc) is 2.38. The molecule has 7 nitrogen and oxygen atoms in total. The zero-order valence-corrected chi connectivity index (χ0v) is 13.3. The van der Waals surface area contributed by atoms with E-state index < -0.39 is 14.9 Å². The number of benzene rings is 1. The molecule has 116 valence electrons. The lowest BCUT2D eigenvalue weighted by molar-refractivity contribution is -0.385. The molecule has 0 radical (unpaired) electrons. The summed E-state index contributed by atoms with van der Waals surface area (Å²) < 4.78 is 24.2. The molecule has 1 aromatic carbocycles. The smallest absolute Gasteiger partial charge is 0.258 e. The van der Waals surface area contributed by atoms with E-state index in [1.165, 1.54) is 12.1 Å². The summed E-state index contributed by atoms with van der Waals surface area (Å²) in [5.74, 6) is 0.116. The lowest BCUT2D eigenvalue weighted by atomic mass is 10.1. The van der Waals surface area contributed by atoms with Gasteiger partial charge in [0.1, 0.15) is 0 Å². The SMILES string of the molecule is CC/C(=N/NS(=O)(=O)c1ccc(C)c([N+](=O)[O-])c1)C(C)C. The highest BCUT2D eigenvalue weighted by Gasteiger charge is 2.19. The minimum absolute atomic E-state index is 0.116. The Hall–Kier alpha value is -1.96. The number of rotatable bonds is 6. The molecule has 0 atom stereocenters. The van der Waals surface area contributed by atoms with Crippen LogP contribution in [0.1, 0.15) is 32.8 Å². The number of hydrogen-bond donors (Lipinski definition) is 1. The maximum absolute atomic E-state index is 12.1. The van der Waals surface area contributed by atoms with Crippen molar-refractivity contribution in [2.75, 3.05) is 0 Å². The van der Waals surface area contributed by atoms with Gasteiger partial charge in [0.2, 0.25) is 0 Å². The van der Waals surface area contributed by atoms with Crippen LogP contribution >= 0.6 is 0 Å². The molecular formula is C13H19N3O4S. The van der Waals surface area contributed by atoms with Crippen LogP contribution in [-0.4, -0.2) is 19.1 Å². The molecule has 1 aromatic rings. The van der Waals surface area contributed by atoms with Crippen LogP contribution < -0.4 is 4.83 Å². The molecule has 0 heterocycles. The van der Waals surface area contributed by atoms with Crippen LogP contribution in [0.15, 0.2) is 28.2 Å².